The second kappa shape index (κ2) is 16.4. The highest BCUT2D eigenvalue weighted by molar-refractivity contribution is 8.00. The van der Waals surface area contributed by atoms with Crippen molar-refractivity contribution in [1.82, 2.24) is 40.7 Å². The lowest BCUT2D eigenvalue weighted by atomic mass is 9.89. The Hall–Kier alpha value is -3.89. The molecule has 0 aromatic carbocycles. The second-order valence-corrected chi connectivity index (χ2v) is 15.9. The number of rotatable bonds is 13. The van der Waals surface area contributed by atoms with Gasteiger partial charge in [-0.1, -0.05) is 16.9 Å². The average molecular weight is 779 g/mol. The monoisotopic (exact) mass is 778 g/mol. The Labute approximate surface area is 305 Å². The number of anilines is 1. The molecule has 0 radical (unpaired) electrons. The summed E-state index contributed by atoms with van der Waals surface area (Å²) in [6, 6.07) is -0.978. The number of hydrogen-bond donors (Lipinski definition) is 4. The number of fused-ring (bicyclic) bond motifs is 1. The predicted molar refractivity (Wildman–Crippen MR) is 185 cm³/mol. The maximum atomic E-state index is 13.3. The molecule has 5 N–H and O–H groups in total. The van der Waals surface area contributed by atoms with Crippen LogP contribution >= 0.6 is 47.3 Å². The van der Waals surface area contributed by atoms with Crippen molar-refractivity contribution in [3.63, 3.8) is 0 Å². The van der Waals surface area contributed by atoms with Crippen molar-refractivity contribution in [1.29, 1.82) is 0 Å². The number of amides is 3. The third kappa shape index (κ3) is 10.6. The van der Waals surface area contributed by atoms with Crippen molar-refractivity contribution in [3.05, 3.63) is 11.1 Å². The van der Waals surface area contributed by atoms with E-state index in [1.54, 1.807) is 41.5 Å². The normalized spacial score (nSPS) is 20.5. The third-order valence-corrected chi connectivity index (χ3v) is 10.1. The Morgan fingerprint density at radius 1 is 1.18 bits per heavy atom. The first-order valence-corrected chi connectivity index (χ1v) is 17.7. The zero-order chi connectivity index (χ0) is 36.1. The number of carboxylic acids is 1. The van der Waals surface area contributed by atoms with E-state index in [0.717, 1.165) is 23.1 Å². The van der Waals surface area contributed by atoms with Crippen LogP contribution in [0.1, 0.15) is 47.2 Å². The molecule has 0 aliphatic carbocycles. The number of alkyl carbamates (subject to hydrolysis) is 1. The van der Waals surface area contributed by atoms with Crippen molar-refractivity contribution in [2.45, 2.75) is 75.9 Å². The Morgan fingerprint density at radius 2 is 1.88 bits per heavy atom. The number of aliphatic carboxylic acids is 1. The Morgan fingerprint density at radius 3 is 2.50 bits per heavy atom. The van der Waals surface area contributed by atoms with Gasteiger partial charge in [0.2, 0.25) is 17.7 Å². The maximum absolute atomic E-state index is 13.3. The van der Waals surface area contributed by atoms with Crippen LogP contribution in [-0.4, -0.2) is 125 Å². The summed E-state index contributed by atoms with van der Waals surface area (Å²) in [5, 5.41) is 32.3. The number of nitrogen functional groups attached to an aromatic ring is 1. The molecule has 0 spiro atoms. The largest absolute Gasteiger partial charge is 0.481 e. The number of carbonyl (C=O) groups excluding carboxylic acids is 4. The number of nitrogens with zero attached hydrogens (tertiary/aromatic N) is 7. The third-order valence-electron chi connectivity index (χ3n) is 6.59. The summed E-state index contributed by atoms with van der Waals surface area (Å²) in [5.74, 6) is -2.92. The van der Waals surface area contributed by atoms with Gasteiger partial charge in [0.25, 0.3) is 5.91 Å². The lowest BCUT2D eigenvalue weighted by Gasteiger charge is -2.53. The van der Waals surface area contributed by atoms with Gasteiger partial charge in [-0.25, -0.2) is 19.3 Å². The van der Waals surface area contributed by atoms with Crippen molar-refractivity contribution < 1.29 is 43.4 Å². The molecular weight excluding hydrogens is 740 g/mol. The number of thiazole rings is 1. The molecular formula is C27H39ClN10O9S3. The fourth-order valence-corrected chi connectivity index (χ4v) is 7.77. The molecule has 4 heterocycles. The SMILES string of the molecule is CC(C)(C)OC(=O)CON=C(C(=O)NC1C(=O)N2CC(CSc3nnnn3CCNC(=O)OC(C)(C)C)(C(=O)O)CS[C@H]12)c1csc(N)n1.Cl. The Bertz CT molecular complexity index is 1610. The van der Waals surface area contributed by atoms with E-state index in [1.165, 1.54) is 26.7 Å². The van der Waals surface area contributed by atoms with E-state index in [9.17, 15) is 29.1 Å². The molecule has 2 aromatic rings. The highest BCUT2D eigenvalue weighted by Crippen LogP contribution is 2.44. The standard InChI is InChI=1S/C27H38N10O9S3.ClH/c1-25(2,3)45-15(38)9-44-33-16(14-10-47-22(28)30-14)18(39)31-17-19(40)36-11-27(21(41)42,12-48-20(17)36)13-49-23-32-34-35-37(23)8-7-29-24(43)46-26(4,5)6;/h10,17,20H,7-9,11-13H2,1-6H3,(H2,28,30)(H,29,43)(H,31,39)(H,41,42);1H/t17?,20-,27?;/m1./s1. The topological polar surface area (TPSA) is 255 Å². The lowest BCUT2D eigenvalue weighted by molar-refractivity contribution is -0.160. The molecule has 2 fully saturated rings. The zero-order valence-electron chi connectivity index (χ0n) is 28.0. The summed E-state index contributed by atoms with van der Waals surface area (Å²) in [5.41, 5.74) is 2.75. The van der Waals surface area contributed by atoms with Gasteiger partial charge in [-0.15, -0.1) is 40.6 Å². The lowest BCUT2D eigenvalue weighted by Crippen LogP contribution is -2.74. The van der Waals surface area contributed by atoms with Crippen LogP contribution in [0.2, 0.25) is 0 Å². The van der Waals surface area contributed by atoms with Gasteiger partial charge in [0.05, 0.1) is 6.54 Å². The minimum Gasteiger partial charge on any atom is -0.481 e. The number of nitrogens with two attached hydrogens (primary N) is 1. The number of β-lactam (4-membered cyclic amide) rings is 1. The molecule has 4 rings (SSSR count). The number of carboxylic acid groups (broad SMARTS) is 1. The zero-order valence-corrected chi connectivity index (χ0v) is 31.3. The molecule has 2 aliphatic rings. The van der Waals surface area contributed by atoms with E-state index < -0.39 is 64.5 Å². The molecule has 0 saturated carbocycles. The quantitative estimate of drug-likeness (QED) is 0.0727. The molecule has 23 heteroatoms. The molecule has 3 atom stereocenters. The van der Waals surface area contributed by atoms with Crippen LogP contribution in [0, 0.1) is 5.41 Å². The number of ether oxygens (including phenoxy) is 2. The van der Waals surface area contributed by atoms with Crippen LogP contribution in [0.4, 0.5) is 9.93 Å². The van der Waals surface area contributed by atoms with Crippen LogP contribution in [0.15, 0.2) is 15.7 Å². The summed E-state index contributed by atoms with van der Waals surface area (Å²) in [6.07, 6.45) is -0.593. The van der Waals surface area contributed by atoms with Crippen molar-refractivity contribution >= 4 is 88.0 Å². The summed E-state index contributed by atoms with van der Waals surface area (Å²) < 4.78 is 11.8. The van der Waals surface area contributed by atoms with Gasteiger partial charge in [0.1, 0.15) is 33.7 Å². The molecule has 3 amide bonds. The molecule has 2 aromatic heterocycles. The number of halogens is 1. The minimum absolute atomic E-state index is 0. The summed E-state index contributed by atoms with van der Waals surface area (Å²) in [7, 11) is 0. The Balaban J connectivity index is 0.00000676. The smallest absolute Gasteiger partial charge is 0.407 e. The van der Waals surface area contributed by atoms with Crippen molar-refractivity contribution in [3.8, 4) is 0 Å². The number of oxime groups is 1. The Kier molecular flexibility index (Phi) is 13.3. The molecule has 50 heavy (non-hydrogen) atoms. The molecule has 2 unspecified atom stereocenters. The first kappa shape index (κ1) is 40.5. The van der Waals surface area contributed by atoms with Gasteiger partial charge in [-0.3, -0.25) is 14.4 Å². The summed E-state index contributed by atoms with van der Waals surface area (Å²) >= 11 is 3.38. The second-order valence-electron chi connectivity index (χ2n) is 13.0. The number of esters is 1. The number of aromatic nitrogens is 5. The van der Waals surface area contributed by atoms with Crippen LogP contribution in [-0.2, 0) is 40.0 Å². The van der Waals surface area contributed by atoms with Crippen LogP contribution in [0.3, 0.4) is 0 Å². The van der Waals surface area contributed by atoms with Gasteiger partial charge in [-0.05, 0) is 52.0 Å². The van der Waals surface area contributed by atoms with Crippen LogP contribution in [0.5, 0.6) is 0 Å². The van der Waals surface area contributed by atoms with Crippen molar-refractivity contribution in [2.75, 3.05) is 36.9 Å². The van der Waals surface area contributed by atoms with E-state index in [2.05, 4.69) is 36.3 Å². The summed E-state index contributed by atoms with van der Waals surface area (Å²) in [4.78, 5) is 73.7. The first-order chi connectivity index (χ1) is 22.9. The maximum Gasteiger partial charge on any atom is 0.407 e. The van der Waals surface area contributed by atoms with Gasteiger partial charge in [0, 0.05) is 30.0 Å². The number of hydrogen-bond acceptors (Lipinski definition) is 17. The van der Waals surface area contributed by atoms with E-state index >= 15 is 0 Å². The fraction of sp³-hybridized carbons (Fsp3) is 0.630. The van der Waals surface area contributed by atoms with Crippen LogP contribution < -0.4 is 16.4 Å². The predicted octanol–water partition coefficient (Wildman–Crippen LogP) is 0.984. The highest BCUT2D eigenvalue weighted by Gasteiger charge is 2.57. The number of tetrazole rings is 1. The van der Waals surface area contributed by atoms with Gasteiger partial charge < -0.3 is 40.7 Å². The number of thioether (sulfide) groups is 2. The van der Waals surface area contributed by atoms with E-state index in [4.69, 9.17) is 20.0 Å². The van der Waals surface area contributed by atoms with Crippen molar-refractivity contribution in [2.24, 2.45) is 10.6 Å². The first-order valence-electron chi connectivity index (χ1n) is 14.8. The summed E-state index contributed by atoms with van der Waals surface area (Å²) in [6.45, 7) is 10.0. The average Bonchev–Trinajstić information content (AvgIpc) is 3.63. The minimum atomic E-state index is -1.34. The van der Waals surface area contributed by atoms with Crippen LogP contribution in [0.25, 0.3) is 0 Å². The molecule has 276 valence electrons. The van der Waals surface area contributed by atoms with E-state index in [-0.39, 0.29) is 60.1 Å². The van der Waals surface area contributed by atoms with Gasteiger partial charge in [0.15, 0.2) is 10.8 Å². The molecule has 19 nitrogen and oxygen atoms in total. The fourth-order valence-electron chi connectivity index (χ4n) is 4.46. The van der Waals surface area contributed by atoms with Gasteiger partial charge in [-0.2, -0.15) is 0 Å². The van der Waals surface area contributed by atoms with E-state index in [0.29, 0.717) is 5.16 Å². The highest BCUT2D eigenvalue weighted by atomic mass is 35.5. The molecule has 2 aliphatic heterocycles. The van der Waals surface area contributed by atoms with Gasteiger partial charge >= 0.3 is 18.0 Å². The number of carbonyl (C=O) groups is 5. The van der Waals surface area contributed by atoms with E-state index in [1.807, 2.05) is 0 Å². The number of nitrogens with one attached hydrogen (secondary N) is 2. The molecule has 0 bridgehead atoms. The molecule has 2 saturated heterocycles.